The first-order chi connectivity index (χ1) is 12.5. The third kappa shape index (κ3) is 4.90. The van der Waals surface area contributed by atoms with Crippen molar-refractivity contribution in [3.63, 3.8) is 0 Å². The number of para-hydroxylation sites is 2. The van der Waals surface area contributed by atoms with Gasteiger partial charge < -0.3 is 15.5 Å². The van der Waals surface area contributed by atoms with E-state index in [-0.39, 0.29) is 34.3 Å². The lowest BCUT2D eigenvalue weighted by Crippen LogP contribution is -2.50. The van der Waals surface area contributed by atoms with Gasteiger partial charge in [-0.25, -0.2) is 0 Å². The average molecular weight is 397 g/mol. The van der Waals surface area contributed by atoms with Crippen LogP contribution in [-0.2, 0) is 4.79 Å². The second kappa shape index (κ2) is 9.37. The Morgan fingerprint density at radius 2 is 1.74 bits per heavy atom. The molecule has 0 radical (unpaired) electrons. The third-order valence-electron chi connectivity index (χ3n) is 5.92. The molecule has 1 aliphatic heterocycles. The SMILES string of the molecule is Cl.NCC1(CC(=O)N2CCN(c3ccccc3[N+](=O)[O-])CC2)CCCCC1. The summed E-state index contributed by atoms with van der Waals surface area (Å²) < 4.78 is 0. The predicted molar refractivity (Wildman–Crippen MR) is 108 cm³/mol. The van der Waals surface area contributed by atoms with E-state index in [1.165, 1.54) is 12.5 Å². The second-order valence-electron chi connectivity index (χ2n) is 7.56. The molecule has 27 heavy (non-hydrogen) atoms. The van der Waals surface area contributed by atoms with Gasteiger partial charge in [0.1, 0.15) is 5.69 Å². The number of hydrogen-bond donors (Lipinski definition) is 1. The van der Waals surface area contributed by atoms with Gasteiger partial charge in [-0.2, -0.15) is 0 Å². The minimum Gasteiger partial charge on any atom is -0.362 e. The van der Waals surface area contributed by atoms with E-state index in [1.807, 2.05) is 15.9 Å². The monoisotopic (exact) mass is 396 g/mol. The van der Waals surface area contributed by atoms with Gasteiger partial charge in [0.05, 0.1) is 4.92 Å². The molecule has 0 bridgehead atoms. The highest BCUT2D eigenvalue weighted by molar-refractivity contribution is 5.85. The molecule has 2 N–H and O–H groups in total. The highest BCUT2D eigenvalue weighted by Gasteiger charge is 2.35. The number of nitrogens with two attached hydrogens (primary N) is 1. The minimum absolute atomic E-state index is 0. The molecule has 1 amide bonds. The van der Waals surface area contributed by atoms with Gasteiger partial charge in [-0.1, -0.05) is 31.4 Å². The lowest BCUT2D eigenvalue weighted by Gasteiger charge is -2.40. The van der Waals surface area contributed by atoms with Crippen molar-refractivity contribution in [3.8, 4) is 0 Å². The molecular formula is C19H29ClN4O3. The van der Waals surface area contributed by atoms with Crippen LogP contribution in [0, 0.1) is 15.5 Å². The van der Waals surface area contributed by atoms with Crippen molar-refractivity contribution < 1.29 is 9.72 Å². The van der Waals surface area contributed by atoms with Crippen LogP contribution in [0.5, 0.6) is 0 Å². The fraction of sp³-hybridized carbons (Fsp3) is 0.632. The highest BCUT2D eigenvalue weighted by atomic mass is 35.5. The number of amides is 1. The van der Waals surface area contributed by atoms with E-state index < -0.39 is 0 Å². The second-order valence-corrected chi connectivity index (χ2v) is 7.56. The molecule has 0 spiro atoms. The Morgan fingerprint density at radius 1 is 1.11 bits per heavy atom. The molecule has 150 valence electrons. The van der Waals surface area contributed by atoms with Crippen LogP contribution in [0.1, 0.15) is 38.5 Å². The topological polar surface area (TPSA) is 92.7 Å². The molecule has 0 atom stereocenters. The predicted octanol–water partition coefficient (Wildman–Crippen LogP) is 2.96. The summed E-state index contributed by atoms with van der Waals surface area (Å²) in [7, 11) is 0. The van der Waals surface area contributed by atoms with Crippen LogP contribution >= 0.6 is 12.4 Å². The largest absolute Gasteiger partial charge is 0.362 e. The zero-order chi connectivity index (χ0) is 18.6. The average Bonchev–Trinajstić information content (AvgIpc) is 2.68. The molecular weight excluding hydrogens is 368 g/mol. The molecule has 1 aliphatic carbocycles. The Balaban J connectivity index is 0.00000261. The summed E-state index contributed by atoms with van der Waals surface area (Å²) in [6.07, 6.45) is 6.20. The molecule has 2 aliphatic rings. The van der Waals surface area contributed by atoms with E-state index in [9.17, 15) is 14.9 Å². The summed E-state index contributed by atoms with van der Waals surface area (Å²) in [5, 5.41) is 11.2. The summed E-state index contributed by atoms with van der Waals surface area (Å²) in [6, 6.07) is 6.80. The van der Waals surface area contributed by atoms with Crippen molar-refractivity contribution in [1.29, 1.82) is 0 Å². The normalized spacial score (nSPS) is 19.3. The van der Waals surface area contributed by atoms with Crippen LogP contribution < -0.4 is 10.6 Å². The molecule has 0 unspecified atom stereocenters. The number of hydrogen-bond acceptors (Lipinski definition) is 5. The number of halogens is 1. The van der Waals surface area contributed by atoms with Gasteiger partial charge in [0.2, 0.25) is 5.91 Å². The number of nitrogens with zero attached hydrogens (tertiary/aromatic N) is 3. The molecule has 1 aromatic rings. The van der Waals surface area contributed by atoms with Gasteiger partial charge in [0, 0.05) is 38.7 Å². The standard InChI is InChI=1S/C19H28N4O3.ClH/c20-15-19(8-4-1-5-9-19)14-18(24)22-12-10-21(11-13-22)16-6-2-3-7-17(16)23(25)26;/h2-3,6-7H,1,4-5,8-15,20H2;1H. The van der Waals surface area contributed by atoms with Gasteiger partial charge >= 0.3 is 0 Å². The van der Waals surface area contributed by atoms with Gasteiger partial charge in [-0.3, -0.25) is 14.9 Å². The van der Waals surface area contributed by atoms with Crippen molar-refractivity contribution in [3.05, 3.63) is 34.4 Å². The summed E-state index contributed by atoms with van der Waals surface area (Å²) in [5.41, 5.74) is 6.75. The van der Waals surface area contributed by atoms with E-state index in [2.05, 4.69) is 0 Å². The van der Waals surface area contributed by atoms with Crippen LogP contribution in [0.25, 0.3) is 0 Å². The first kappa shape index (κ1) is 21.4. The van der Waals surface area contributed by atoms with Gasteiger partial charge in [-0.05, 0) is 30.9 Å². The van der Waals surface area contributed by atoms with Gasteiger partial charge in [0.15, 0.2) is 0 Å². The summed E-state index contributed by atoms with van der Waals surface area (Å²) >= 11 is 0. The summed E-state index contributed by atoms with van der Waals surface area (Å²) in [6.45, 7) is 3.02. The molecule has 1 saturated carbocycles. The van der Waals surface area contributed by atoms with Crippen LogP contribution in [-0.4, -0.2) is 48.5 Å². The van der Waals surface area contributed by atoms with Crippen LogP contribution in [0.15, 0.2) is 24.3 Å². The van der Waals surface area contributed by atoms with Gasteiger partial charge in [-0.15, -0.1) is 12.4 Å². The summed E-state index contributed by atoms with van der Waals surface area (Å²) in [4.78, 5) is 27.6. The molecule has 1 aromatic carbocycles. The highest BCUT2D eigenvalue weighted by Crippen LogP contribution is 2.39. The van der Waals surface area contributed by atoms with Crippen LogP contribution in [0.3, 0.4) is 0 Å². The van der Waals surface area contributed by atoms with Crippen LogP contribution in [0.2, 0.25) is 0 Å². The first-order valence-corrected chi connectivity index (χ1v) is 9.51. The smallest absolute Gasteiger partial charge is 0.292 e. The zero-order valence-electron chi connectivity index (χ0n) is 15.6. The lowest BCUT2D eigenvalue weighted by molar-refractivity contribution is -0.384. The van der Waals surface area contributed by atoms with Crippen molar-refractivity contribution in [2.75, 3.05) is 37.6 Å². The Morgan fingerprint density at radius 3 is 2.33 bits per heavy atom. The molecule has 1 saturated heterocycles. The van der Waals surface area contributed by atoms with E-state index in [0.717, 1.165) is 25.7 Å². The van der Waals surface area contributed by atoms with E-state index >= 15 is 0 Å². The summed E-state index contributed by atoms with van der Waals surface area (Å²) in [5.74, 6) is 0.180. The number of nitro groups is 1. The van der Waals surface area contributed by atoms with Crippen molar-refractivity contribution >= 4 is 29.7 Å². The molecule has 8 heteroatoms. The van der Waals surface area contributed by atoms with Gasteiger partial charge in [0.25, 0.3) is 5.69 Å². The van der Waals surface area contributed by atoms with Crippen molar-refractivity contribution in [2.24, 2.45) is 11.1 Å². The molecule has 1 heterocycles. The minimum atomic E-state index is -0.346. The Labute approximate surface area is 166 Å². The first-order valence-electron chi connectivity index (χ1n) is 9.51. The quantitative estimate of drug-likeness (QED) is 0.610. The number of carbonyl (C=O) groups excluding carboxylic acids is 1. The van der Waals surface area contributed by atoms with E-state index in [4.69, 9.17) is 5.73 Å². The number of rotatable bonds is 5. The molecule has 2 fully saturated rings. The van der Waals surface area contributed by atoms with Crippen molar-refractivity contribution in [1.82, 2.24) is 4.90 Å². The van der Waals surface area contributed by atoms with Crippen LogP contribution in [0.4, 0.5) is 11.4 Å². The maximum absolute atomic E-state index is 12.8. The number of anilines is 1. The number of nitro benzene ring substituents is 1. The zero-order valence-corrected chi connectivity index (χ0v) is 16.5. The Bertz CT molecular complexity index is 656. The maximum Gasteiger partial charge on any atom is 0.292 e. The number of carbonyl (C=O) groups is 1. The number of piperazine rings is 1. The van der Waals surface area contributed by atoms with Crippen molar-refractivity contribution in [2.45, 2.75) is 38.5 Å². The fourth-order valence-corrected chi connectivity index (χ4v) is 4.27. The molecule has 3 rings (SSSR count). The fourth-order valence-electron chi connectivity index (χ4n) is 4.27. The molecule has 0 aromatic heterocycles. The Hall–Kier alpha value is -1.86. The molecule has 7 nitrogen and oxygen atoms in total. The third-order valence-corrected chi connectivity index (χ3v) is 5.92. The Kier molecular flexibility index (Phi) is 7.44. The van der Waals surface area contributed by atoms with E-state index in [0.29, 0.717) is 44.8 Å². The lowest BCUT2D eigenvalue weighted by atomic mass is 9.71. The number of benzene rings is 1. The maximum atomic E-state index is 12.8. The van der Waals surface area contributed by atoms with E-state index in [1.54, 1.807) is 12.1 Å².